The van der Waals surface area contributed by atoms with E-state index in [1.165, 1.54) is 50.5 Å². The smallest absolute Gasteiger partial charge is 0.0978 e. The maximum atomic E-state index is 5.72. The molecule has 1 aliphatic rings. The Morgan fingerprint density at radius 2 is 1.54 bits per heavy atom. The largest absolute Gasteiger partial charge is 0.498 e. The monoisotopic (exact) mass is 182 g/mol. The van der Waals surface area contributed by atoms with E-state index in [2.05, 4.69) is 13.8 Å². The van der Waals surface area contributed by atoms with Gasteiger partial charge in [0, 0.05) is 0 Å². The van der Waals surface area contributed by atoms with Crippen LogP contribution < -0.4 is 0 Å². The lowest BCUT2D eigenvalue weighted by molar-refractivity contribution is 0.114. The Morgan fingerprint density at radius 1 is 1.00 bits per heavy atom. The van der Waals surface area contributed by atoms with Crippen molar-refractivity contribution >= 4 is 0 Å². The van der Waals surface area contributed by atoms with Gasteiger partial charge in [-0.1, -0.05) is 19.3 Å². The molecule has 0 aromatic carbocycles. The van der Waals surface area contributed by atoms with Crippen molar-refractivity contribution in [1.82, 2.24) is 0 Å². The Hall–Kier alpha value is -0.460. The Labute approximate surface area is 82.2 Å². The molecule has 0 bridgehead atoms. The van der Waals surface area contributed by atoms with E-state index in [1.807, 2.05) is 6.26 Å². The predicted molar refractivity (Wildman–Crippen MR) is 56.6 cm³/mol. The molecule has 0 heterocycles. The van der Waals surface area contributed by atoms with Crippen LogP contribution in [0.25, 0.3) is 0 Å². The highest BCUT2D eigenvalue weighted by atomic mass is 16.5. The fourth-order valence-electron chi connectivity index (χ4n) is 1.79. The second-order valence-electron chi connectivity index (χ2n) is 4.30. The fourth-order valence-corrected chi connectivity index (χ4v) is 1.79. The second-order valence-corrected chi connectivity index (χ2v) is 4.30. The van der Waals surface area contributed by atoms with Gasteiger partial charge in [0.05, 0.1) is 12.4 Å². The fraction of sp³-hybridized carbons (Fsp3) is 0.833. The van der Waals surface area contributed by atoms with E-state index >= 15 is 0 Å². The molecule has 0 radical (unpaired) electrons. The zero-order valence-corrected chi connectivity index (χ0v) is 9.01. The van der Waals surface area contributed by atoms with Gasteiger partial charge in [0.2, 0.25) is 0 Å². The SMILES string of the molecule is CC(C)=COC1CCCCCCC1. The highest BCUT2D eigenvalue weighted by Gasteiger charge is 2.10. The maximum absolute atomic E-state index is 5.72. The summed E-state index contributed by atoms with van der Waals surface area (Å²) in [5.41, 5.74) is 1.27. The minimum absolute atomic E-state index is 0.496. The van der Waals surface area contributed by atoms with Gasteiger partial charge in [-0.3, -0.25) is 0 Å². The first-order chi connectivity index (χ1) is 6.29. The van der Waals surface area contributed by atoms with Gasteiger partial charge in [0.1, 0.15) is 0 Å². The van der Waals surface area contributed by atoms with Crippen LogP contribution in [0.4, 0.5) is 0 Å². The average Bonchev–Trinajstić information content (AvgIpc) is 2.01. The zero-order valence-electron chi connectivity index (χ0n) is 9.01. The van der Waals surface area contributed by atoms with Gasteiger partial charge in [0.15, 0.2) is 0 Å². The van der Waals surface area contributed by atoms with Crippen LogP contribution in [0.1, 0.15) is 58.8 Å². The van der Waals surface area contributed by atoms with Crippen LogP contribution >= 0.6 is 0 Å². The quantitative estimate of drug-likeness (QED) is 0.586. The summed E-state index contributed by atoms with van der Waals surface area (Å²) in [4.78, 5) is 0. The number of ether oxygens (including phenoxy) is 1. The van der Waals surface area contributed by atoms with Crippen LogP contribution in [-0.2, 0) is 4.74 Å². The van der Waals surface area contributed by atoms with Gasteiger partial charge in [-0.15, -0.1) is 0 Å². The molecule has 1 aliphatic carbocycles. The zero-order chi connectivity index (χ0) is 9.52. The van der Waals surface area contributed by atoms with E-state index in [0.29, 0.717) is 6.10 Å². The molecule has 0 aromatic heterocycles. The van der Waals surface area contributed by atoms with Crippen molar-refractivity contribution in [3.63, 3.8) is 0 Å². The number of hydrogen-bond acceptors (Lipinski definition) is 1. The number of allylic oxidation sites excluding steroid dienone is 1. The Balaban J connectivity index is 2.25. The Morgan fingerprint density at radius 3 is 2.08 bits per heavy atom. The molecule has 1 rings (SSSR count). The van der Waals surface area contributed by atoms with Crippen LogP contribution in [0.2, 0.25) is 0 Å². The van der Waals surface area contributed by atoms with Gasteiger partial charge in [-0.25, -0.2) is 0 Å². The van der Waals surface area contributed by atoms with E-state index < -0.39 is 0 Å². The third-order valence-electron chi connectivity index (χ3n) is 2.55. The van der Waals surface area contributed by atoms with Crippen LogP contribution in [0.15, 0.2) is 11.8 Å². The lowest BCUT2D eigenvalue weighted by Gasteiger charge is -2.19. The van der Waals surface area contributed by atoms with Crippen LogP contribution in [0, 0.1) is 0 Å². The third-order valence-corrected chi connectivity index (χ3v) is 2.55. The molecule has 0 saturated heterocycles. The average molecular weight is 182 g/mol. The Bertz CT molecular complexity index is 149. The van der Waals surface area contributed by atoms with Gasteiger partial charge in [-0.2, -0.15) is 0 Å². The molecular weight excluding hydrogens is 160 g/mol. The van der Waals surface area contributed by atoms with Gasteiger partial charge < -0.3 is 4.74 Å². The highest BCUT2D eigenvalue weighted by Crippen LogP contribution is 2.19. The first-order valence-corrected chi connectivity index (χ1v) is 5.58. The molecule has 0 N–H and O–H groups in total. The summed E-state index contributed by atoms with van der Waals surface area (Å²) in [6, 6.07) is 0. The molecule has 1 nitrogen and oxygen atoms in total. The molecule has 0 amide bonds. The van der Waals surface area contributed by atoms with Gasteiger partial charge in [-0.05, 0) is 45.1 Å². The summed E-state index contributed by atoms with van der Waals surface area (Å²) in [5.74, 6) is 0. The lowest BCUT2D eigenvalue weighted by Crippen LogP contribution is -2.11. The van der Waals surface area contributed by atoms with Crippen LogP contribution in [0.3, 0.4) is 0 Å². The van der Waals surface area contributed by atoms with Gasteiger partial charge in [0.25, 0.3) is 0 Å². The molecule has 1 heteroatoms. The lowest BCUT2D eigenvalue weighted by atomic mass is 9.99. The molecule has 0 atom stereocenters. The molecule has 13 heavy (non-hydrogen) atoms. The van der Waals surface area contributed by atoms with Crippen molar-refractivity contribution in [3.05, 3.63) is 11.8 Å². The molecule has 0 spiro atoms. The second kappa shape index (κ2) is 6.06. The van der Waals surface area contributed by atoms with Crippen LogP contribution in [-0.4, -0.2) is 6.10 Å². The summed E-state index contributed by atoms with van der Waals surface area (Å²) in [6.07, 6.45) is 11.8. The Kier molecular flexibility index (Phi) is 4.95. The topological polar surface area (TPSA) is 9.23 Å². The maximum Gasteiger partial charge on any atom is 0.0978 e. The highest BCUT2D eigenvalue weighted by molar-refractivity contribution is 4.87. The number of rotatable bonds is 2. The molecule has 1 fully saturated rings. The standard InChI is InChI=1S/C12H22O/c1-11(2)10-13-12-8-6-4-3-5-7-9-12/h10,12H,3-9H2,1-2H3. The summed E-state index contributed by atoms with van der Waals surface area (Å²) in [7, 11) is 0. The third kappa shape index (κ3) is 4.97. The minimum atomic E-state index is 0.496. The molecule has 1 saturated carbocycles. The molecule has 0 unspecified atom stereocenters. The van der Waals surface area contributed by atoms with Crippen molar-refractivity contribution in [2.75, 3.05) is 0 Å². The van der Waals surface area contributed by atoms with E-state index in [1.54, 1.807) is 0 Å². The minimum Gasteiger partial charge on any atom is -0.498 e. The first kappa shape index (κ1) is 10.6. The van der Waals surface area contributed by atoms with Crippen molar-refractivity contribution in [2.45, 2.75) is 64.9 Å². The molecular formula is C12H22O. The van der Waals surface area contributed by atoms with E-state index in [9.17, 15) is 0 Å². The summed E-state index contributed by atoms with van der Waals surface area (Å²) in [5, 5.41) is 0. The first-order valence-electron chi connectivity index (χ1n) is 5.58. The molecule has 0 aliphatic heterocycles. The van der Waals surface area contributed by atoms with Crippen molar-refractivity contribution in [1.29, 1.82) is 0 Å². The predicted octanol–water partition coefficient (Wildman–Crippen LogP) is 4.04. The summed E-state index contributed by atoms with van der Waals surface area (Å²) in [6.45, 7) is 4.17. The normalized spacial score (nSPS) is 20.2. The number of hydrogen-bond donors (Lipinski definition) is 0. The van der Waals surface area contributed by atoms with Crippen molar-refractivity contribution in [3.8, 4) is 0 Å². The summed E-state index contributed by atoms with van der Waals surface area (Å²) >= 11 is 0. The van der Waals surface area contributed by atoms with Crippen molar-refractivity contribution in [2.24, 2.45) is 0 Å². The van der Waals surface area contributed by atoms with E-state index in [4.69, 9.17) is 4.74 Å². The van der Waals surface area contributed by atoms with Gasteiger partial charge >= 0.3 is 0 Å². The molecule has 76 valence electrons. The molecule has 0 aromatic rings. The van der Waals surface area contributed by atoms with E-state index in [0.717, 1.165) is 0 Å². The van der Waals surface area contributed by atoms with Crippen LogP contribution in [0.5, 0.6) is 0 Å². The van der Waals surface area contributed by atoms with E-state index in [-0.39, 0.29) is 0 Å². The van der Waals surface area contributed by atoms with Crippen molar-refractivity contribution < 1.29 is 4.74 Å². The summed E-state index contributed by atoms with van der Waals surface area (Å²) < 4.78 is 5.72.